The SMILES string of the molecule is CC[C@@H](O)c1ccc(Oc2c(Cl)cccc2[N+](=O)[O-])cn1. The van der Waals surface area contributed by atoms with Gasteiger partial charge in [-0.2, -0.15) is 0 Å². The van der Waals surface area contributed by atoms with Gasteiger partial charge in [-0.3, -0.25) is 15.1 Å². The second kappa shape index (κ2) is 6.51. The van der Waals surface area contributed by atoms with E-state index in [1.54, 1.807) is 12.1 Å². The van der Waals surface area contributed by atoms with Gasteiger partial charge >= 0.3 is 5.69 Å². The van der Waals surface area contributed by atoms with Crippen LogP contribution in [0.5, 0.6) is 11.5 Å². The number of aliphatic hydroxyl groups is 1. The van der Waals surface area contributed by atoms with Crippen molar-refractivity contribution in [3.63, 3.8) is 0 Å². The van der Waals surface area contributed by atoms with Crippen molar-refractivity contribution in [2.24, 2.45) is 0 Å². The van der Waals surface area contributed by atoms with Gasteiger partial charge in [-0.1, -0.05) is 24.6 Å². The van der Waals surface area contributed by atoms with E-state index in [9.17, 15) is 15.2 Å². The van der Waals surface area contributed by atoms with Crippen molar-refractivity contribution in [3.8, 4) is 11.5 Å². The number of pyridine rings is 1. The Morgan fingerprint density at radius 1 is 1.43 bits per heavy atom. The summed E-state index contributed by atoms with van der Waals surface area (Å²) >= 11 is 5.94. The van der Waals surface area contributed by atoms with E-state index in [-0.39, 0.29) is 16.5 Å². The Kier molecular flexibility index (Phi) is 4.72. The predicted molar refractivity (Wildman–Crippen MR) is 77.7 cm³/mol. The highest BCUT2D eigenvalue weighted by atomic mass is 35.5. The molecule has 0 saturated carbocycles. The van der Waals surface area contributed by atoms with Crippen LogP contribution >= 0.6 is 11.6 Å². The third-order valence-electron chi connectivity index (χ3n) is 2.85. The summed E-state index contributed by atoms with van der Waals surface area (Å²) in [6.45, 7) is 1.84. The highest BCUT2D eigenvalue weighted by molar-refractivity contribution is 6.32. The molecule has 7 heteroatoms. The summed E-state index contributed by atoms with van der Waals surface area (Å²) in [7, 11) is 0. The number of nitrogens with zero attached hydrogens (tertiary/aromatic N) is 2. The third kappa shape index (κ3) is 3.48. The fourth-order valence-electron chi connectivity index (χ4n) is 1.72. The second-order valence-electron chi connectivity index (χ2n) is 4.29. The predicted octanol–water partition coefficient (Wildman–Crippen LogP) is 3.88. The van der Waals surface area contributed by atoms with E-state index in [0.717, 1.165) is 0 Å². The summed E-state index contributed by atoms with van der Waals surface area (Å²) in [4.78, 5) is 14.5. The Morgan fingerprint density at radius 2 is 2.19 bits per heavy atom. The molecular weight excluding hydrogens is 296 g/mol. The van der Waals surface area contributed by atoms with E-state index >= 15 is 0 Å². The average Bonchev–Trinajstić information content (AvgIpc) is 2.49. The quantitative estimate of drug-likeness (QED) is 0.669. The van der Waals surface area contributed by atoms with Crippen LogP contribution in [0.3, 0.4) is 0 Å². The first-order chi connectivity index (χ1) is 10.0. The van der Waals surface area contributed by atoms with Gasteiger partial charge < -0.3 is 9.84 Å². The van der Waals surface area contributed by atoms with Crippen LogP contribution in [0.15, 0.2) is 36.5 Å². The normalized spacial score (nSPS) is 12.0. The van der Waals surface area contributed by atoms with Crippen molar-refractivity contribution in [2.75, 3.05) is 0 Å². The van der Waals surface area contributed by atoms with Crippen LogP contribution in [0, 0.1) is 10.1 Å². The van der Waals surface area contributed by atoms with E-state index in [2.05, 4.69) is 4.98 Å². The van der Waals surface area contributed by atoms with Crippen LogP contribution in [-0.2, 0) is 0 Å². The number of nitro benzene ring substituents is 1. The monoisotopic (exact) mass is 308 g/mol. The Labute approximate surface area is 126 Å². The van der Waals surface area contributed by atoms with Crippen LogP contribution in [0.4, 0.5) is 5.69 Å². The second-order valence-corrected chi connectivity index (χ2v) is 4.70. The van der Waals surface area contributed by atoms with Gasteiger partial charge in [0.2, 0.25) is 5.75 Å². The molecule has 0 spiro atoms. The molecule has 1 N–H and O–H groups in total. The minimum atomic E-state index is -0.645. The Hall–Kier alpha value is -2.18. The number of hydrogen-bond donors (Lipinski definition) is 1. The average molecular weight is 309 g/mol. The van der Waals surface area contributed by atoms with Crippen LogP contribution in [0.1, 0.15) is 25.1 Å². The van der Waals surface area contributed by atoms with Gasteiger partial charge in [0.15, 0.2) is 0 Å². The summed E-state index contributed by atoms with van der Waals surface area (Å²) in [6.07, 6.45) is 1.29. The van der Waals surface area contributed by atoms with Gasteiger partial charge in [-0.05, 0) is 24.6 Å². The van der Waals surface area contributed by atoms with E-state index in [1.165, 1.54) is 24.4 Å². The number of halogens is 1. The summed E-state index contributed by atoms with van der Waals surface area (Å²) in [5.74, 6) is 0.271. The number of hydrogen-bond acceptors (Lipinski definition) is 5. The van der Waals surface area contributed by atoms with Crippen LogP contribution in [0.25, 0.3) is 0 Å². The number of ether oxygens (including phenoxy) is 1. The molecule has 1 aromatic heterocycles. The number of rotatable bonds is 5. The first-order valence-electron chi connectivity index (χ1n) is 6.27. The molecular formula is C14H13ClN2O4. The highest BCUT2D eigenvalue weighted by Crippen LogP contribution is 2.37. The maximum absolute atomic E-state index is 11.0. The van der Waals surface area contributed by atoms with E-state index < -0.39 is 11.0 Å². The molecule has 0 amide bonds. The third-order valence-corrected chi connectivity index (χ3v) is 3.15. The molecule has 0 saturated heterocycles. The first kappa shape index (κ1) is 15.2. The van der Waals surface area contributed by atoms with Crippen molar-refractivity contribution >= 4 is 17.3 Å². The summed E-state index contributed by atoms with van der Waals surface area (Å²) in [5, 5.41) is 20.8. The Balaban J connectivity index is 2.28. The molecule has 0 unspecified atom stereocenters. The smallest absolute Gasteiger partial charge is 0.313 e. The fourth-order valence-corrected chi connectivity index (χ4v) is 1.93. The van der Waals surface area contributed by atoms with Gasteiger partial charge in [0.25, 0.3) is 0 Å². The summed E-state index contributed by atoms with van der Waals surface area (Å²) in [5.41, 5.74) is 0.290. The lowest BCUT2D eigenvalue weighted by molar-refractivity contribution is -0.385. The number of aromatic nitrogens is 1. The molecule has 0 fully saturated rings. The van der Waals surface area contributed by atoms with Gasteiger partial charge in [-0.25, -0.2) is 0 Å². The zero-order valence-corrected chi connectivity index (χ0v) is 11.9. The minimum Gasteiger partial charge on any atom is -0.447 e. The number of aliphatic hydroxyl groups excluding tert-OH is 1. The lowest BCUT2D eigenvalue weighted by atomic mass is 10.2. The number of para-hydroxylation sites is 1. The van der Waals surface area contributed by atoms with E-state index in [1.807, 2.05) is 6.92 Å². The molecule has 110 valence electrons. The maximum Gasteiger partial charge on any atom is 0.313 e. The molecule has 0 aliphatic heterocycles. The fraction of sp³-hybridized carbons (Fsp3) is 0.214. The molecule has 0 aliphatic carbocycles. The van der Waals surface area contributed by atoms with Crippen molar-refractivity contribution in [1.29, 1.82) is 0 Å². The minimum absolute atomic E-state index is 0.0326. The molecule has 1 atom stereocenters. The van der Waals surface area contributed by atoms with Crippen molar-refractivity contribution in [2.45, 2.75) is 19.4 Å². The summed E-state index contributed by atoms with van der Waals surface area (Å²) < 4.78 is 5.45. The number of nitro groups is 1. The Bertz CT molecular complexity index is 646. The van der Waals surface area contributed by atoms with Gasteiger partial charge in [0.1, 0.15) is 5.75 Å². The van der Waals surface area contributed by atoms with E-state index in [4.69, 9.17) is 16.3 Å². The highest BCUT2D eigenvalue weighted by Gasteiger charge is 2.19. The molecule has 2 rings (SSSR count). The standard InChI is InChI=1S/C14H13ClN2O4/c1-2-13(18)11-7-6-9(8-16-11)21-14-10(15)4-3-5-12(14)17(19)20/h3-8,13,18H,2H2,1H3/t13-/m1/s1. The van der Waals surface area contributed by atoms with Crippen LogP contribution in [0.2, 0.25) is 5.02 Å². The van der Waals surface area contributed by atoms with Gasteiger partial charge in [-0.15, -0.1) is 0 Å². The molecule has 0 aliphatic rings. The van der Waals surface area contributed by atoms with Crippen LogP contribution in [-0.4, -0.2) is 15.0 Å². The molecule has 6 nitrogen and oxygen atoms in total. The molecule has 1 aromatic carbocycles. The van der Waals surface area contributed by atoms with Gasteiger partial charge in [0, 0.05) is 6.07 Å². The molecule has 1 heterocycles. The van der Waals surface area contributed by atoms with Crippen molar-refractivity contribution in [3.05, 3.63) is 57.4 Å². The topological polar surface area (TPSA) is 85.5 Å². The van der Waals surface area contributed by atoms with Crippen molar-refractivity contribution in [1.82, 2.24) is 4.98 Å². The first-order valence-corrected chi connectivity index (χ1v) is 6.65. The molecule has 0 radical (unpaired) electrons. The molecule has 0 bridgehead atoms. The van der Waals surface area contributed by atoms with E-state index in [0.29, 0.717) is 17.9 Å². The largest absolute Gasteiger partial charge is 0.447 e. The molecule has 2 aromatic rings. The lowest BCUT2D eigenvalue weighted by Gasteiger charge is -2.10. The maximum atomic E-state index is 11.0. The Morgan fingerprint density at radius 3 is 2.76 bits per heavy atom. The zero-order valence-electron chi connectivity index (χ0n) is 11.2. The number of benzene rings is 1. The zero-order chi connectivity index (χ0) is 15.4. The van der Waals surface area contributed by atoms with Crippen LogP contribution < -0.4 is 4.74 Å². The van der Waals surface area contributed by atoms with Crippen molar-refractivity contribution < 1.29 is 14.8 Å². The lowest BCUT2D eigenvalue weighted by Crippen LogP contribution is -1.99. The molecule has 21 heavy (non-hydrogen) atoms. The summed E-state index contributed by atoms with van der Waals surface area (Å²) in [6, 6.07) is 7.48. The van der Waals surface area contributed by atoms with Gasteiger partial charge in [0.05, 0.1) is 27.9 Å².